The first-order valence-electron chi connectivity index (χ1n) is 9.77. The average molecular weight is 479 g/mol. The first-order valence-corrected chi connectivity index (χ1v) is 10.6. The molecule has 0 aliphatic rings. The molecule has 0 radical (unpaired) electrons. The summed E-state index contributed by atoms with van der Waals surface area (Å²) in [5.74, 6) is -0.275. The molecule has 0 amide bonds. The van der Waals surface area contributed by atoms with Gasteiger partial charge < -0.3 is 13.9 Å². The number of benzene rings is 3. The van der Waals surface area contributed by atoms with Gasteiger partial charge in [-0.2, -0.15) is 0 Å². The van der Waals surface area contributed by atoms with Crippen molar-refractivity contribution < 1.29 is 18.7 Å². The molecule has 1 aromatic heterocycles. The lowest BCUT2D eigenvalue weighted by molar-refractivity contribution is 0.0492. The molecular weight excluding hydrogens is 460 g/mol. The number of carbonyl (C=O) groups is 1. The molecule has 4 rings (SSSR count). The third-order valence-electron chi connectivity index (χ3n) is 4.71. The monoisotopic (exact) mass is 478 g/mol. The van der Waals surface area contributed by atoms with E-state index < -0.39 is 5.97 Å². The fourth-order valence-electron chi connectivity index (χ4n) is 3.22. The van der Waals surface area contributed by atoms with E-state index in [9.17, 15) is 9.59 Å². The van der Waals surface area contributed by atoms with E-state index in [-0.39, 0.29) is 28.9 Å². The summed E-state index contributed by atoms with van der Waals surface area (Å²) in [5.41, 5.74) is 1.73. The summed E-state index contributed by atoms with van der Waals surface area (Å²) in [5, 5.41) is 0.359. The van der Waals surface area contributed by atoms with Crippen LogP contribution in [0.25, 0.3) is 22.1 Å². The Labute approximate surface area is 187 Å². The van der Waals surface area contributed by atoms with Crippen LogP contribution in [0.3, 0.4) is 0 Å². The lowest BCUT2D eigenvalue weighted by atomic mass is 10.0. The normalized spacial score (nSPS) is 10.8. The van der Waals surface area contributed by atoms with Crippen molar-refractivity contribution in [3.8, 4) is 16.9 Å². The van der Waals surface area contributed by atoms with Gasteiger partial charge in [0, 0.05) is 10.5 Å². The van der Waals surface area contributed by atoms with Crippen molar-refractivity contribution in [3.63, 3.8) is 0 Å². The maximum absolute atomic E-state index is 13.3. The average Bonchev–Trinajstić information content (AvgIpc) is 2.79. The van der Waals surface area contributed by atoms with Gasteiger partial charge in [-0.3, -0.25) is 4.79 Å². The zero-order valence-electron chi connectivity index (χ0n) is 16.8. The standard InChI is InChI=1S/C25H19BrO5/c1-2-29-25(28)24-22(17-8-10-18(26)11-9-17)23(27)20-13-12-19(14-21(20)31-24)30-15-16-6-4-3-5-7-16/h3-14H,2,15H2,1H3. The minimum atomic E-state index is -0.685. The van der Waals surface area contributed by atoms with Gasteiger partial charge in [0.25, 0.3) is 0 Å². The smallest absolute Gasteiger partial charge is 0.375 e. The molecule has 0 saturated heterocycles. The zero-order valence-corrected chi connectivity index (χ0v) is 18.3. The number of hydrogen-bond acceptors (Lipinski definition) is 5. The van der Waals surface area contributed by atoms with Gasteiger partial charge in [0.15, 0.2) is 0 Å². The molecule has 3 aromatic carbocycles. The largest absolute Gasteiger partial charge is 0.489 e. The van der Waals surface area contributed by atoms with Gasteiger partial charge in [-0.15, -0.1) is 0 Å². The molecule has 1 heterocycles. The fraction of sp³-hybridized carbons (Fsp3) is 0.120. The van der Waals surface area contributed by atoms with Crippen molar-refractivity contribution in [2.75, 3.05) is 6.61 Å². The Kier molecular flexibility index (Phi) is 6.18. The minimum absolute atomic E-state index is 0.123. The molecule has 0 bridgehead atoms. The Bertz CT molecular complexity index is 1280. The molecule has 5 nitrogen and oxygen atoms in total. The zero-order chi connectivity index (χ0) is 21.8. The van der Waals surface area contributed by atoms with Gasteiger partial charge in [0.1, 0.15) is 17.9 Å². The lowest BCUT2D eigenvalue weighted by Gasteiger charge is -2.11. The van der Waals surface area contributed by atoms with Crippen molar-refractivity contribution in [2.45, 2.75) is 13.5 Å². The predicted octanol–water partition coefficient (Wildman–Crippen LogP) is 5.98. The van der Waals surface area contributed by atoms with Gasteiger partial charge in [-0.25, -0.2) is 4.79 Å². The molecule has 0 unspecified atom stereocenters. The highest BCUT2D eigenvalue weighted by Crippen LogP contribution is 2.28. The van der Waals surface area contributed by atoms with Crippen LogP contribution in [-0.4, -0.2) is 12.6 Å². The van der Waals surface area contributed by atoms with Crippen LogP contribution in [0.4, 0.5) is 0 Å². The van der Waals surface area contributed by atoms with Crippen LogP contribution >= 0.6 is 15.9 Å². The number of halogens is 1. The van der Waals surface area contributed by atoms with Crippen LogP contribution in [0.5, 0.6) is 5.75 Å². The molecule has 0 saturated carbocycles. The van der Waals surface area contributed by atoms with E-state index in [2.05, 4.69) is 15.9 Å². The highest BCUT2D eigenvalue weighted by molar-refractivity contribution is 9.10. The molecule has 0 fully saturated rings. The summed E-state index contributed by atoms with van der Waals surface area (Å²) in [4.78, 5) is 25.9. The van der Waals surface area contributed by atoms with E-state index in [1.54, 1.807) is 49.4 Å². The number of hydrogen-bond donors (Lipinski definition) is 0. The summed E-state index contributed by atoms with van der Waals surface area (Å²) in [6.45, 7) is 2.24. The third-order valence-corrected chi connectivity index (χ3v) is 5.23. The number of rotatable bonds is 6. The van der Waals surface area contributed by atoms with E-state index in [1.165, 1.54) is 0 Å². The Hall–Kier alpha value is -3.38. The molecule has 4 aromatic rings. The van der Waals surface area contributed by atoms with Crippen LogP contribution in [0.1, 0.15) is 23.0 Å². The predicted molar refractivity (Wildman–Crippen MR) is 122 cm³/mol. The first kappa shape index (κ1) is 20.9. The molecule has 0 N–H and O–H groups in total. The van der Waals surface area contributed by atoms with Crippen LogP contribution in [0.2, 0.25) is 0 Å². The van der Waals surface area contributed by atoms with E-state index >= 15 is 0 Å². The second-order valence-electron chi connectivity index (χ2n) is 6.79. The number of carbonyl (C=O) groups excluding carboxylic acids is 1. The van der Waals surface area contributed by atoms with Crippen molar-refractivity contribution in [2.24, 2.45) is 0 Å². The molecule has 0 atom stereocenters. The summed E-state index contributed by atoms with van der Waals surface area (Å²) in [6, 6.07) is 21.8. The second-order valence-corrected chi connectivity index (χ2v) is 7.71. The minimum Gasteiger partial charge on any atom is -0.489 e. The van der Waals surface area contributed by atoms with E-state index in [4.69, 9.17) is 13.9 Å². The molecule has 31 heavy (non-hydrogen) atoms. The van der Waals surface area contributed by atoms with Crippen LogP contribution in [-0.2, 0) is 11.3 Å². The van der Waals surface area contributed by atoms with E-state index in [0.29, 0.717) is 23.3 Å². The molecule has 156 valence electrons. The molecule has 0 aliphatic carbocycles. The van der Waals surface area contributed by atoms with E-state index in [0.717, 1.165) is 10.0 Å². The quantitative estimate of drug-likeness (QED) is 0.319. The van der Waals surface area contributed by atoms with Gasteiger partial charge in [0.2, 0.25) is 11.2 Å². The Balaban J connectivity index is 1.79. The molecule has 0 spiro atoms. The number of esters is 1. The van der Waals surface area contributed by atoms with Crippen molar-refractivity contribution >= 4 is 32.9 Å². The molecule has 6 heteroatoms. The Morgan fingerprint density at radius 3 is 2.45 bits per heavy atom. The van der Waals surface area contributed by atoms with Crippen molar-refractivity contribution in [1.29, 1.82) is 0 Å². The van der Waals surface area contributed by atoms with Gasteiger partial charge in [0.05, 0.1) is 17.6 Å². The highest BCUT2D eigenvalue weighted by Gasteiger charge is 2.23. The fourth-order valence-corrected chi connectivity index (χ4v) is 3.49. The Morgan fingerprint density at radius 1 is 1.00 bits per heavy atom. The maximum atomic E-state index is 13.3. The van der Waals surface area contributed by atoms with E-state index in [1.807, 2.05) is 30.3 Å². The molecular formula is C25H19BrO5. The van der Waals surface area contributed by atoms with Crippen LogP contribution in [0.15, 0.2) is 86.5 Å². The van der Waals surface area contributed by atoms with Gasteiger partial charge in [-0.1, -0.05) is 58.4 Å². The number of fused-ring (bicyclic) bond motifs is 1. The van der Waals surface area contributed by atoms with Crippen molar-refractivity contribution in [3.05, 3.63) is 98.8 Å². The Morgan fingerprint density at radius 2 is 1.74 bits per heavy atom. The summed E-state index contributed by atoms with van der Waals surface area (Å²) in [7, 11) is 0. The lowest BCUT2D eigenvalue weighted by Crippen LogP contribution is -2.15. The van der Waals surface area contributed by atoms with Crippen molar-refractivity contribution in [1.82, 2.24) is 0 Å². The maximum Gasteiger partial charge on any atom is 0.375 e. The first-order chi connectivity index (χ1) is 15.1. The third kappa shape index (κ3) is 4.54. The summed E-state index contributed by atoms with van der Waals surface area (Å²) >= 11 is 3.38. The number of ether oxygens (including phenoxy) is 2. The summed E-state index contributed by atoms with van der Waals surface area (Å²) < 4.78 is 17.7. The topological polar surface area (TPSA) is 65.7 Å². The summed E-state index contributed by atoms with van der Waals surface area (Å²) in [6.07, 6.45) is 0. The highest BCUT2D eigenvalue weighted by atomic mass is 79.9. The van der Waals surface area contributed by atoms with Crippen LogP contribution in [0, 0.1) is 0 Å². The van der Waals surface area contributed by atoms with Crippen LogP contribution < -0.4 is 10.2 Å². The second kappa shape index (κ2) is 9.18. The van der Waals surface area contributed by atoms with Gasteiger partial charge in [-0.05, 0) is 42.3 Å². The SMILES string of the molecule is CCOC(=O)c1oc2cc(OCc3ccccc3)ccc2c(=O)c1-c1ccc(Br)cc1. The molecule has 0 aliphatic heterocycles. The van der Waals surface area contributed by atoms with Gasteiger partial charge >= 0.3 is 5.97 Å².